The molecule has 0 aliphatic carbocycles. The zero-order valence-electron chi connectivity index (χ0n) is 14.6. The van der Waals surface area contributed by atoms with Crippen molar-refractivity contribution < 1.29 is 4.84 Å². The first-order valence-corrected chi connectivity index (χ1v) is 8.56. The van der Waals surface area contributed by atoms with Crippen LogP contribution in [0.3, 0.4) is 0 Å². The number of rotatable bonds is 5. The Labute approximate surface area is 157 Å². The molecule has 5 heteroatoms. The van der Waals surface area contributed by atoms with Crippen molar-refractivity contribution in [3.05, 3.63) is 87.7 Å². The molecule has 0 saturated heterocycles. The fraction of sp³-hybridized carbons (Fsp3) is 0.143. The van der Waals surface area contributed by atoms with Gasteiger partial charge in [0.05, 0.1) is 17.8 Å². The zero-order valence-corrected chi connectivity index (χ0v) is 15.4. The van der Waals surface area contributed by atoms with E-state index in [2.05, 4.69) is 21.9 Å². The number of hydrogen-bond donors (Lipinski definition) is 0. The molecule has 2 aromatic carbocycles. The molecule has 1 heterocycles. The van der Waals surface area contributed by atoms with Gasteiger partial charge in [0.15, 0.2) is 0 Å². The summed E-state index contributed by atoms with van der Waals surface area (Å²) < 4.78 is 2.14. The van der Waals surface area contributed by atoms with E-state index in [4.69, 9.17) is 21.7 Å². The van der Waals surface area contributed by atoms with Gasteiger partial charge in [0, 0.05) is 33.2 Å². The lowest BCUT2D eigenvalue weighted by atomic mass is 10.1. The monoisotopic (exact) mass is 363 g/mol. The van der Waals surface area contributed by atoms with Gasteiger partial charge in [0.1, 0.15) is 6.61 Å². The topological polar surface area (TPSA) is 50.3 Å². The summed E-state index contributed by atoms with van der Waals surface area (Å²) in [6.07, 6.45) is 1.70. The van der Waals surface area contributed by atoms with Crippen LogP contribution in [-0.2, 0) is 11.4 Å². The van der Waals surface area contributed by atoms with Gasteiger partial charge in [0.2, 0.25) is 0 Å². The second kappa shape index (κ2) is 7.90. The number of nitriles is 1. The molecular weight excluding hydrogens is 346 g/mol. The molecule has 0 N–H and O–H groups in total. The molecule has 130 valence electrons. The van der Waals surface area contributed by atoms with Crippen molar-refractivity contribution in [2.24, 2.45) is 5.16 Å². The molecule has 0 atom stereocenters. The van der Waals surface area contributed by atoms with E-state index in [1.54, 1.807) is 12.3 Å². The number of oxime groups is 1. The van der Waals surface area contributed by atoms with Crippen LogP contribution in [0.5, 0.6) is 0 Å². The minimum atomic E-state index is 0.260. The summed E-state index contributed by atoms with van der Waals surface area (Å²) >= 11 is 5.97. The van der Waals surface area contributed by atoms with Gasteiger partial charge >= 0.3 is 0 Å². The molecule has 1 aromatic heterocycles. The van der Waals surface area contributed by atoms with Crippen molar-refractivity contribution in [1.29, 1.82) is 5.26 Å². The smallest absolute Gasteiger partial charge is 0.143 e. The van der Waals surface area contributed by atoms with E-state index in [1.807, 2.05) is 56.3 Å². The molecule has 0 fully saturated rings. The molecule has 0 aliphatic heterocycles. The predicted molar refractivity (Wildman–Crippen MR) is 104 cm³/mol. The largest absolute Gasteiger partial charge is 0.391 e. The number of benzene rings is 2. The van der Waals surface area contributed by atoms with Crippen LogP contribution in [0.25, 0.3) is 5.69 Å². The van der Waals surface area contributed by atoms with Crippen molar-refractivity contribution in [2.75, 3.05) is 0 Å². The summed E-state index contributed by atoms with van der Waals surface area (Å²) in [5.74, 6) is 0. The lowest BCUT2D eigenvalue weighted by molar-refractivity contribution is 0.132. The van der Waals surface area contributed by atoms with Crippen molar-refractivity contribution in [2.45, 2.75) is 20.5 Å². The SMILES string of the molecule is Cc1cc(/C=N/OCc2ccccc2C#N)c(C)n1-c1ccc(Cl)cc1. The highest BCUT2D eigenvalue weighted by atomic mass is 35.5. The molecule has 0 bridgehead atoms. The van der Waals surface area contributed by atoms with Gasteiger partial charge in [-0.2, -0.15) is 5.26 Å². The number of hydrogen-bond acceptors (Lipinski definition) is 3. The normalized spacial score (nSPS) is 10.8. The van der Waals surface area contributed by atoms with E-state index in [9.17, 15) is 0 Å². The Hall–Kier alpha value is -3.03. The van der Waals surface area contributed by atoms with Gasteiger partial charge in [-0.25, -0.2) is 0 Å². The molecule has 3 rings (SSSR count). The first-order chi connectivity index (χ1) is 12.6. The van der Waals surface area contributed by atoms with Crippen LogP contribution in [0.2, 0.25) is 5.02 Å². The lowest BCUT2D eigenvalue weighted by Crippen LogP contribution is -1.99. The van der Waals surface area contributed by atoms with Crippen molar-refractivity contribution in [3.8, 4) is 11.8 Å². The lowest BCUT2D eigenvalue weighted by Gasteiger charge is -2.09. The van der Waals surface area contributed by atoms with Crippen LogP contribution in [-0.4, -0.2) is 10.8 Å². The fourth-order valence-corrected chi connectivity index (χ4v) is 2.99. The molecule has 0 aliphatic rings. The quantitative estimate of drug-likeness (QED) is 0.463. The highest BCUT2D eigenvalue weighted by Gasteiger charge is 2.09. The third-order valence-corrected chi connectivity index (χ3v) is 4.43. The second-order valence-electron chi connectivity index (χ2n) is 5.92. The van der Waals surface area contributed by atoms with E-state index in [0.717, 1.165) is 28.2 Å². The summed E-state index contributed by atoms with van der Waals surface area (Å²) in [6, 6.07) is 19.3. The number of halogens is 1. The van der Waals surface area contributed by atoms with Gasteiger partial charge in [0.25, 0.3) is 0 Å². The summed E-state index contributed by atoms with van der Waals surface area (Å²) in [5.41, 5.74) is 5.61. The maximum atomic E-state index is 9.09. The van der Waals surface area contributed by atoms with Gasteiger partial charge in [-0.05, 0) is 50.2 Å². The van der Waals surface area contributed by atoms with Gasteiger partial charge in [-0.3, -0.25) is 0 Å². The Kier molecular flexibility index (Phi) is 5.40. The minimum Gasteiger partial charge on any atom is -0.391 e. The Balaban J connectivity index is 1.74. The Morgan fingerprint density at radius 3 is 2.62 bits per heavy atom. The van der Waals surface area contributed by atoms with Crippen LogP contribution < -0.4 is 0 Å². The van der Waals surface area contributed by atoms with Crippen LogP contribution in [0.4, 0.5) is 0 Å². The Morgan fingerprint density at radius 2 is 1.88 bits per heavy atom. The first-order valence-electron chi connectivity index (χ1n) is 8.18. The standard InChI is InChI=1S/C21H18ClN3O/c1-15-11-19(16(2)25(15)21-9-7-20(22)8-10-21)13-24-26-14-18-6-4-3-5-17(18)12-23/h3-11,13H,14H2,1-2H3/b24-13+. The highest BCUT2D eigenvalue weighted by molar-refractivity contribution is 6.30. The van der Waals surface area contributed by atoms with Crippen LogP contribution in [0.15, 0.2) is 59.8 Å². The molecule has 0 saturated carbocycles. The van der Waals surface area contributed by atoms with Crippen molar-refractivity contribution in [1.82, 2.24) is 4.57 Å². The average molecular weight is 364 g/mol. The zero-order chi connectivity index (χ0) is 18.5. The van der Waals surface area contributed by atoms with Gasteiger partial charge in [-0.15, -0.1) is 0 Å². The third kappa shape index (κ3) is 3.79. The van der Waals surface area contributed by atoms with Crippen molar-refractivity contribution in [3.63, 3.8) is 0 Å². The van der Waals surface area contributed by atoms with E-state index in [0.29, 0.717) is 10.6 Å². The minimum absolute atomic E-state index is 0.260. The van der Waals surface area contributed by atoms with E-state index in [1.165, 1.54) is 0 Å². The predicted octanol–water partition coefficient (Wildman–Crippen LogP) is 5.17. The molecule has 26 heavy (non-hydrogen) atoms. The molecule has 0 amide bonds. The highest BCUT2D eigenvalue weighted by Crippen LogP contribution is 2.21. The maximum absolute atomic E-state index is 9.09. The number of aryl methyl sites for hydroxylation is 1. The van der Waals surface area contributed by atoms with Crippen LogP contribution >= 0.6 is 11.6 Å². The Morgan fingerprint density at radius 1 is 1.15 bits per heavy atom. The average Bonchev–Trinajstić information content (AvgIpc) is 2.93. The molecule has 0 unspecified atom stereocenters. The number of nitrogens with zero attached hydrogens (tertiary/aromatic N) is 3. The summed E-state index contributed by atoms with van der Waals surface area (Å²) in [6.45, 7) is 4.34. The fourth-order valence-electron chi connectivity index (χ4n) is 2.86. The molecular formula is C21H18ClN3O. The van der Waals surface area contributed by atoms with Gasteiger partial charge < -0.3 is 9.40 Å². The summed E-state index contributed by atoms with van der Waals surface area (Å²) in [7, 11) is 0. The number of aromatic nitrogens is 1. The summed E-state index contributed by atoms with van der Waals surface area (Å²) in [4.78, 5) is 5.38. The molecule has 4 nitrogen and oxygen atoms in total. The van der Waals surface area contributed by atoms with E-state index in [-0.39, 0.29) is 6.61 Å². The second-order valence-corrected chi connectivity index (χ2v) is 6.35. The van der Waals surface area contributed by atoms with E-state index < -0.39 is 0 Å². The van der Waals surface area contributed by atoms with Crippen LogP contribution in [0.1, 0.15) is 28.1 Å². The summed E-state index contributed by atoms with van der Waals surface area (Å²) in [5, 5.41) is 13.9. The van der Waals surface area contributed by atoms with E-state index >= 15 is 0 Å². The molecule has 3 aromatic rings. The van der Waals surface area contributed by atoms with Crippen molar-refractivity contribution >= 4 is 17.8 Å². The van der Waals surface area contributed by atoms with Gasteiger partial charge in [-0.1, -0.05) is 35.0 Å². The maximum Gasteiger partial charge on any atom is 0.143 e. The molecule has 0 radical (unpaired) electrons. The van der Waals surface area contributed by atoms with Crippen LogP contribution in [0, 0.1) is 25.2 Å². The Bertz CT molecular complexity index is 981. The third-order valence-electron chi connectivity index (χ3n) is 4.18. The first kappa shape index (κ1) is 17.8. The molecule has 0 spiro atoms.